The van der Waals surface area contributed by atoms with Crippen LogP contribution in [0.1, 0.15) is 16.7 Å². The minimum absolute atomic E-state index is 0.331. The van der Waals surface area contributed by atoms with Crippen molar-refractivity contribution >= 4 is 17.0 Å². The lowest BCUT2D eigenvalue weighted by molar-refractivity contribution is 0.628. The monoisotopic (exact) mass is 247 g/mol. The summed E-state index contributed by atoms with van der Waals surface area (Å²) in [6.45, 7) is 1.87. The summed E-state index contributed by atoms with van der Waals surface area (Å²) in [7, 11) is 0. The van der Waals surface area contributed by atoms with Crippen molar-refractivity contribution in [2.75, 3.05) is 5.32 Å². The van der Waals surface area contributed by atoms with E-state index in [-0.39, 0.29) is 5.82 Å². The van der Waals surface area contributed by atoms with Crippen molar-refractivity contribution < 1.29 is 4.39 Å². The summed E-state index contributed by atoms with van der Waals surface area (Å²) in [5.41, 5.74) is 1.45. The minimum atomic E-state index is -0.546. The molecule has 0 aliphatic rings. The maximum absolute atomic E-state index is 13.0. The molecule has 2 aromatic rings. The lowest BCUT2D eigenvalue weighted by Crippen LogP contribution is -2.08. The standard InChI is InChI=1S/C12H10FN3S/c1-8-7-17-12(15-8)11(6-14)16-10-4-2-3-9(13)5-10/h2-5,7,11,16H,1H3. The maximum atomic E-state index is 13.0. The van der Waals surface area contributed by atoms with Crippen LogP contribution in [0.2, 0.25) is 0 Å². The van der Waals surface area contributed by atoms with Gasteiger partial charge in [0.05, 0.1) is 6.07 Å². The summed E-state index contributed by atoms with van der Waals surface area (Å²) in [5, 5.41) is 14.6. The smallest absolute Gasteiger partial charge is 0.166 e. The summed E-state index contributed by atoms with van der Waals surface area (Å²) in [6.07, 6.45) is 0. The van der Waals surface area contributed by atoms with Gasteiger partial charge >= 0.3 is 0 Å². The highest BCUT2D eigenvalue weighted by Crippen LogP contribution is 2.22. The molecule has 1 unspecified atom stereocenters. The molecule has 1 N–H and O–H groups in total. The van der Waals surface area contributed by atoms with E-state index in [1.165, 1.54) is 23.5 Å². The molecule has 1 aromatic heterocycles. The molecule has 0 aliphatic heterocycles. The SMILES string of the molecule is Cc1csc(C(C#N)Nc2cccc(F)c2)n1. The molecule has 0 aliphatic carbocycles. The number of nitrogens with one attached hydrogen (secondary N) is 1. The van der Waals surface area contributed by atoms with E-state index in [2.05, 4.69) is 16.4 Å². The van der Waals surface area contributed by atoms with Gasteiger partial charge in [0.25, 0.3) is 0 Å². The topological polar surface area (TPSA) is 48.7 Å². The van der Waals surface area contributed by atoms with Crippen LogP contribution in [0.15, 0.2) is 29.6 Å². The molecule has 0 saturated carbocycles. The highest BCUT2D eigenvalue weighted by Gasteiger charge is 2.13. The Morgan fingerprint density at radius 3 is 2.94 bits per heavy atom. The number of benzene rings is 1. The van der Waals surface area contributed by atoms with Gasteiger partial charge in [0, 0.05) is 16.8 Å². The number of rotatable bonds is 3. The Bertz CT molecular complexity index is 559. The van der Waals surface area contributed by atoms with Crippen molar-refractivity contribution in [3.05, 3.63) is 46.2 Å². The number of thiazole rings is 1. The third kappa shape index (κ3) is 2.80. The molecule has 0 fully saturated rings. The first-order valence-electron chi connectivity index (χ1n) is 5.03. The second-order valence-corrected chi connectivity index (χ2v) is 4.43. The number of halogens is 1. The summed E-state index contributed by atoms with van der Waals surface area (Å²) in [6, 6.07) is 7.59. The average molecular weight is 247 g/mol. The van der Waals surface area contributed by atoms with Crippen LogP contribution in [0, 0.1) is 24.1 Å². The summed E-state index contributed by atoms with van der Waals surface area (Å²) < 4.78 is 13.0. The average Bonchev–Trinajstić information content (AvgIpc) is 2.73. The second kappa shape index (κ2) is 4.93. The second-order valence-electron chi connectivity index (χ2n) is 3.54. The molecular formula is C12H10FN3S. The Morgan fingerprint density at radius 1 is 1.53 bits per heavy atom. The molecule has 17 heavy (non-hydrogen) atoms. The van der Waals surface area contributed by atoms with Crippen LogP contribution in [0.4, 0.5) is 10.1 Å². The van der Waals surface area contributed by atoms with Crippen LogP contribution in [0.25, 0.3) is 0 Å². The predicted molar refractivity (Wildman–Crippen MR) is 65.2 cm³/mol. The van der Waals surface area contributed by atoms with Crippen molar-refractivity contribution in [2.24, 2.45) is 0 Å². The Hall–Kier alpha value is -1.93. The van der Waals surface area contributed by atoms with Crippen molar-refractivity contribution in [2.45, 2.75) is 13.0 Å². The van der Waals surface area contributed by atoms with Gasteiger partial charge in [0.15, 0.2) is 6.04 Å². The number of aromatic nitrogens is 1. The van der Waals surface area contributed by atoms with Gasteiger partial charge in [-0.3, -0.25) is 0 Å². The van der Waals surface area contributed by atoms with Gasteiger partial charge in [-0.25, -0.2) is 9.37 Å². The van der Waals surface area contributed by atoms with Gasteiger partial charge in [-0.2, -0.15) is 5.26 Å². The number of anilines is 1. The van der Waals surface area contributed by atoms with Gasteiger partial charge < -0.3 is 5.32 Å². The molecule has 86 valence electrons. The molecule has 0 radical (unpaired) electrons. The molecule has 0 spiro atoms. The zero-order chi connectivity index (χ0) is 12.3. The van der Waals surface area contributed by atoms with Crippen LogP contribution in [0.5, 0.6) is 0 Å². The Morgan fingerprint density at radius 2 is 2.35 bits per heavy atom. The molecule has 1 aromatic carbocycles. The Balaban J connectivity index is 2.19. The molecule has 1 heterocycles. The molecule has 3 nitrogen and oxygen atoms in total. The third-order valence-corrected chi connectivity index (χ3v) is 3.18. The normalized spacial score (nSPS) is 11.8. The van der Waals surface area contributed by atoms with E-state index in [1.54, 1.807) is 12.1 Å². The van der Waals surface area contributed by atoms with Gasteiger partial charge in [0.2, 0.25) is 0 Å². The van der Waals surface area contributed by atoms with Crippen LogP contribution in [0.3, 0.4) is 0 Å². The van der Waals surface area contributed by atoms with Gasteiger partial charge in [-0.05, 0) is 25.1 Å². The highest BCUT2D eigenvalue weighted by molar-refractivity contribution is 7.09. The fraction of sp³-hybridized carbons (Fsp3) is 0.167. The number of nitrogens with zero attached hydrogens (tertiary/aromatic N) is 2. The molecule has 0 saturated heterocycles. The fourth-order valence-electron chi connectivity index (χ4n) is 1.40. The Kier molecular flexibility index (Phi) is 3.35. The van der Waals surface area contributed by atoms with Crippen LogP contribution in [-0.2, 0) is 0 Å². The molecule has 5 heteroatoms. The first-order chi connectivity index (χ1) is 8.19. The molecule has 2 rings (SSSR count). The zero-order valence-corrected chi connectivity index (χ0v) is 9.96. The largest absolute Gasteiger partial charge is 0.364 e. The van der Waals surface area contributed by atoms with E-state index in [4.69, 9.17) is 5.26 Å². The van der Waals surface area contributed by atoms with Gasteiger partial charge in [-0.15, -0.1) is 11.3 Å². The molecule has 1 atom stereocenters. The lowest BCUT2D eigenvalue weighted by atomic mass is 10.2. The molecular weight excluding hydrogens is 237 g/mol. The van der Waals surface area contributed by atoms with Crippen molar-refractivity contribution in [3.63, 3.8) is 0 Å². The zero-order valence-electron chi connectivity index (χ0n) is 9.14. The van der Waals surface area contributed by atoms with E-state index in [0.717, 1.165) is 5.69 Å². The summed E-state index contributed by atoms with van der Waals surface area (Å²) >= 11 is 1.42. The number of hydrogen-bond acceptors (Lipinski definition) is 4. The van der Waals surface area contributed by atoms with E-state index in [1.807, 2.05) is 12.3 Å². The molecule has 0 amide bonds. The quantitative estimate of drug-likeness (QED) is 0.905. The summed E-state index contributed by atoms with van der Waals surface area (Å²) in [5.74, 6) is -0.331. The fourth-order valence-corrected chi connectivity index (χ4v) is 2.19. The predicted octanol–water partition coefficient (Wildman–Crippen LogP) is 3.27. The van der Waals surface area contributed by atoms with E-state index < -0.39 is 6.04 Å². The van der Waals surface area contributed by atoms with Gasteiger partial charge in [0.1, 0.15) is 10.8 Å². The first-order valence-corrected chi connectivity index (χ1v) is 5.91. The lowest BCUT2D eigenvalue weighted by Gasteiger charge is -2.10. The number of nitriles is 1. The Labute approximate surface area is 103 Å². The maximum Gasteiger partial charge on any atom is 0.166 e. The van der Waals surface area contributed by atoms with E-state index in [9.17, 15) is 4.39 Å². The van der Waals surface area contributed by atoms with Crippen LogP contribution < -0.4 is 5.32 Å². The van der Waals surface area contributed by atoms with Crippen LogP contribution >= 0.6 is 11.3 Å². The summed E-state index contributed by atoms with van der Waals surface area (Å²) in [4.78, 5) is 4.24. The first kappa shape index (κ1) is 11.6. The highest BCUT2D eigenvalue weighted by atomic mass is 32.1. The number of aryl methyl sites for hydroxylation is 1. The molecule has 0 bridgehead atoms. The number of hydrogen-bond donors (Lipinski definition) is 1. The van der Waals surface area contributed by atoms with Gasteiger partial charge in [-0.1, -0.05) is 6.07 Å². The van der Waals surface area contributed by atoms with E-state index in [0.29, 0.717) is 10.7 Å². The van der Waals surface area contributed by atoms with Crippen molar-refractivity contribution in [1.82, 2.24) is 4.98 Å². The third-order valence-electron chi connectivity index (χ3n) is 2.15. The van der Waals surface area contributed by atoms with Crippen LogP contribution in [-0.4, -0.2) is 4.98 Å². The van der Waals surface area contributed by atoms with Crippen molar-refractivity contribution in [1.29, 1.82) is 5.26 Å². The van der Waals surface area contributed by atoms with Crippen molar-refractivity contribution in [3.8, 4) is 6.07 Å². The van der Waals surface area contributed by atoms with E-state index >= 15 is 0 Å². The minimum Gasteiger partial charge on any atom is -0.364 e.